The summed E-state index contributed by atoms with van der Waals surface area (Å²) in [6.45, 7) is 3.51. The van der Waals surface area contributed by atoms with E-state index in [4.69, 9.17) is 0 Å². The predicted molar refractivity (Wildman–Crippen MR) is 119 cm³/mol. The second-order valence-electron chi connectivity index (χ2n) is 7.33. The molecule has 0 fully saturated rings. The normalized spacial score (nSPS) is 10.4. The molecular weight excluding hydrogens is 374 g/mol. The predicted octanol–water partition coefficient (Wildman–Crippen LogP) is 7.32. The van der Waals surface area contributed by atoms with Gasteiger partial charge in [0.2, 0.25) is 0 Å². The Morgan fingerprint density at radius 3 is 1.13 bits per heavy atom. The van der Waals surface area contributed by atoms with Crippen LogP contribution in [-0.4, -0.2) is 0 Å². The highest BCUT2D eigenvalue weighted by Crippen LogP contribution is 2.23. The van der Waals surface area contributed by atoms with Gasteiger partial charge in [-0.1, -0.05) is 60.4 Å². The van der Waals surface area contributed by atoms with Gasteiger partial charge in [-0.25, -0.2) is 8.78 Å². The molecule has 0 N–H and O–H groups in total. The lowest BCUT2D eigenvalue weighted by molar-refractivity contribution is 0.618. The third kappa shape index (κ3) is 4.31. The van der Waals surface area contributed by atoms with E-state index in [0.29, 0.717) is 11.1 Å². The molecule has 2 heteroatoms. The molecule has 0 spiro atoms. The van der Waals surface area contributed by atoms with Crippen LogP contribution in [0.3, 0.4) is 0 Å². The molecular formula is C28H20F2. The average molecular weight is 394 g/mol. The van der Waals surface area contributed by atoms with Crippen molar-refractivity contribution >= 4 is 0 Å². The minimum absolute atomic E-state index is 0.201. The second-order valence-corrected chi connectivity index (χ2v) is 7.33. The molecule has 30 heavy (non-hydrogen) atoms. The van der Waals surface area contributed by atoms with E-state index in [0.717, 1.165) is 33.4 Å². The van der Waals surface area contributed by atoms with Crippen molar-refractivity contribution in [2.75, 3.05) is 0 Å². The van der Waals surface area contributed by atoms with Crippen molar-refractivity contribution in [3.8, 4) is 34.1 Å². The number of rotatable bonds is 2. The zero-order valence-corrected chi connectivity index (χ0v) is 16.8. The van der Waals surface area contributed by atoms with E-state index in [1.165, 1.54) is 0 Å². The van der Waals surface area contributed by atoms with Crippen molar-refractivity contribution in [3.05, 3.63) is 119 Å². The molecule has 0 atom stereocenters. The van der Waals surface area contributed by atoms with Crippen molar-refractivity contribution in [2.45, 2.75) is 13.8 Å². The first-order valence-electron chi connectivity index (χ1n) is 9.75. The summed E-state index contributed by atoms with van der Waals surface area (Å²) >= 11 is 0. The van der Waals surface area contributed by atoms with Gasteiger partial charge in [-0.3, -0.25) is 0 Å². The van der Waals surface area contributed by atoms with Gasteiger partial charge < -0.3 is 0 Å². The van der Waals surface area contributed by atoms with E-state index >= 15 is 0 Å². The maximum atomic E-state index is 13.8. The summed E-state index contributed by atoms with van der Waals surface area (Å²) in [5, 5.41) is 0. The van der Waals surface area contributed by atoms with Gasteiger partial charge in [-0.15, -0.1) is 0 Å². The van der Waals surface area contributed by atoms with Gasteiger partial charge in [-0.05, 0) is 83.6 Å². The molecule has 4 aromatic rings. The van der Waals surface area contributed by atoms with Crippen LogP contribution in [0.2, 0.25) is 0 Å². The van der Waals surface area contributed by atoms with E-state index in [1.54, 1.807) is 38.1 Å². The number of halogens is 2. The standard InChI is InChI=1S/C28H20F2/c1-19-3-11-25(17-27(19)29)23-13-7-21(8-14-23)5-6-22-9-15-24(16-10-22)26-12-4-20(2)28(30)18-26/h3-4,7-18H,1-2H3. The highest BCUT2D eigenvalue weighted by atomic mass is 19.1. The Morgan fingerprint density at radius 2 is 0.800 bits per heavy atom. The van der Waals surface area contributed by atoms with Crippen LogP contribution >= 0.6 is 0 Å². The van der Waals surface area contributed by atoms with Gasteiger partial charge in [0.25, 0.3) is 0 Å². The van der Waals surface area contributed by atoms with E-state index < -0.39 is 0 Å². The number of aryl methyl sites for hydroxylation is 2. The summed E-state index contributed by atoms with van der Waals surface area (Å²) in [5.74, 6) is 5.90. The van der Waals surface area contributed by atoms with E-state index in [-0.39, 0.29) is 11.6 Å². The summed E-state index contributed by atoms with van der Waals surface area (Å²) in [6.07, 6.45) is 0. The maximum Gasteiger partial charge on any atom is 0.126 e. The van der Waals surface area contributed by atoms with Crippen LogP contribution in [-0.2, 0) is 0 Å². The Balaban J connectivity index is 1.50. The van der Waals surface area contributed by atoms with Crippen LogP contribution in [0.25, 0.3) is 22.3 Å². The molecule has 4 aromatic carbocycles. The number of benzene rings is 4. The van der Waals surface area contributed by atoms with E-state index in [1.807, 2.05) is 60.7 Å². The van der Waals surface area contributed by atoms with Crippen LogP contribution in [0.1, 0.15) is 22.3 Å². The lowest BCUT2D eigenvalue weighted by Crippen LogP contribution is -1.85. The lowest BCUT2D eigenvalue weighted by atomic mass is 10.0. The van der Waals surface area contributed by atoms with Crippen molar-refractivity contribution in [1.29, 1.82) is 0 Å². The molecule has 0 aliphatic heterocycles. The average Bonchev–Trinajstić information content (AvgIpc) is 2.77. The zero-order chi connectivity index (χ0) is 21.1. The summed E-state index contributed by atoms with van der Waals surface area (Å²) < 4.78 is 27.6. The fourth-order valence-electron chi connectivity index (χ4n) is 3.18. The molecule has 4 rings (SSSR count). The molecule has 0 nitrogen and oxygen atoms in total. The van der Waals surface area contributed by atoms with Gasteiger partial charge in [-0.2, -0.15) is 0 Å². The number of hydrogen-bond acceptors (Lipinski definition) is 0. The van der Waals surface area contributed by atoms with Crippen LogP contribution in [0.15, 0.2) is 84.9 Å². The summed E-state index contributed by atoms with van der Waals surface area (Å²) in [5.41, 5.74) is 6.65. The Morgan fingerprint density at radius 1 is 0.467 bits per heavy atom. The first kappa shape index (κ1) is 19.6. The van der Waals surface area contributed by atoms with Gasteiger partial charge in [0.05, 0.1) is 0 Å². The highest BCUT2D eigenvalue weighted by molar-refractivity contribution is 5.66. The lowest BCUT2D eigenvalue weighted by Gasteiger charge is -2.04. The van der Waals surface area contributed by atoms with Gasteiger partial charge in [0, 0.05) is 11.1 Å². The first-order chi connectivity index (χ1) is 14.5. The fourth-order valence-corrected chi connectivity index (χ4v) is 3.18. The quantitative estimate of drug-likeness (QED) is 0.313. The van der Waals surface area contributed by atoms with Crippen LogP contribution in [0.4, 0.5) is 8.78 Å². The summed E-state index contributed by atoms with van der Waals surface area (Å²) in [7, 11) is 0. The topological polar surface area (TPSA) is 0 Å². The van der Waals surface area contributed by atoms with Crippen molar-refractivity contribution in [3.63, 3.8) is 0 Å². The van der Waals surface area contributed by atoms with Gasteiger partial charge in [0.1, 0.15) is 11.6 Å². The molecule has 0 aromatic heterocycles. The molecule has 0 bridgehead atoms. The Labute approximate surface area is 175 Å². The van der Waals surface area contributed by atoms with Crippen molar-refractivity contribution in [1.82, 2.24) is 0 Å². The zero-order valence-electron chi connectivity index (χ0n) is 16.8. The highest BCUT2D eigenvalue weighted by Gasteiger charge is 2.03. The first-order valence-corrected chi connectivity index (χ1v) is 9.75. The molecule has 0 heterocycles. The van der Waals surface area contributed by atoms with Gasteiger partial charge in [0.15, 0.2) is 0 Å². The van der Waals surface area contributed by atoms with Gasteiger partial charge >= 0.3 is 0 Å². The molecule has 0 aliphatic carbocycles. The molecule has 0 saturated carbocycles. The number of hydrogen-bond donors (Lipinski definition) is 0. The van der Waals surface area contributed by atoms with Crippen LogP contribution < -0.4 is 0 Å². The molecule has 0 aliphatic rings. The van der Waals surface area contributed by atoms with Crippen LogP contribution in [0, 0.1) is 37.3 Å². The third-order valence-electron chi connectivity index (χ3n) is 5.13. The monoisotopic (exact) mass is 394 g/mol. The molecule has 146 valence electrons. The molecule has 0 amide bonds. The van der Waals surface area contributed by atoms with Crippen LogP contribution in [0.5, 0.6) is 0 Å². The minimum Gasteiger partial charge on any atom is -0.207 e. The molecule has 0 unspecified atom stereocenters. The minimum atomic E-state index is -0.201. The Kier molecular flexibility index (Phi) is 5.46. The summed E-state index contributed by atoms with van der Waals surface area (Å²) in [4.78, 5) is 0. The molecule has 0 saturated heterocycles. The third-order valence-corrected chi connectivity index (χ3v) is 5.13. The SMILES string of the molecule is Cc1ccc(-c2ccc(C#Cc3ccc(-c4ccc(C)c(F)c4)cc3)cc2)cc1F. The maximum absolute atomic E-state index is 13.8. The summed E-state index contributed by atoms with van der Waals surface area (Å²) in [6, 6.07) is 26.0. The van der Waals surface area contributed by atoms with E-state index in [9.17, 15) is 8.78 Å². The fraction of sp³-hybridized carbons (Fsp3) is 0.0714. The Hall–Kier alpha value is -3.70. The largest absolute Gasteiger partial charge is 0.207 e. The Bertz CT molecular complexity index is 1160. The van der Waals surface area contributed by atoms with Crippen molar-refractivity contribution < 1.29 is 8.78 Å². The van der Waals surface area contributed by atoms with Crippen molar-refractivity contribution in [2.24, 2.45) is 0 Å². The molecule has 0 radical (unpaired) electrons. The van der Waals surface area contributed by atoms with E-state index in [2.05, 4.69) is 11.8 Å². The smallest absolute Gasteiger partial charge is 0.126 e. The second kappa shape index (κ2) is 8.35.